The average molecular weight is 1120 g/mol. The normalized spacial score (nSPS) is 31.5. The smallest absolute Gasteiger partial charge is 0.459 e. The predicted octanol–water partition coefficient (Wildman–Crippen LogP) is 6.89. The molecule has 15 unspecified atom stereocenters. The number of rotatable bonds is 18. The van der Waals surface area contributed by atoms with E-state index in [4.69, 9.17) is 75.8 Å². The van der Waals surface area contributed by atoms with Crippen molar-refractivity contribution in [2.24, 2.45) is 0 Å². The molecule has 0 amide bonds. The van der Waals surface area contributed by atoms with Gasteiger partial charge in [0.15, 0.2) is 61.0 Å². The fraction of sp³-hybridized carbons (Fsp3) is 0.417. The zero-order valence-corrected chi connectivity index (χ0v) is 44.5. The summed E-state index contributed by atoms with van der Waals surface area (Å²) in [5.41, 5.74) is 1.24. The fourth-order valence-corrected chi connectivity index (χ4v) is 10.5. The molecule has 81 heavy (non-hydrogen) atoms. The van der Waals surface area contributed by atoms with Crippen LogP contribution in [0.5, 0.6) is 0 Å². The Balaban J connectivity index is 0.951. The SMILES string of the molecule is CC1(C)OC2OC(COC3OC(COCc4ccccc4)C(OC4OC(COC(=O)c5ccccc5)C(OC(=O)c5ccccc5)C(OC(=O)c5ccccc5)C4OC(=O)c4ccccc4)C4OC(=O)OC34)C3OC(C)(C)OC3C2O1. The Labute approximate surface area is 465 Å². The van der Waals surface area contributed by atoms with E-state index >= 15 is 0 Å². The van der Waals surface area contributed by atoms with E-state index in [2.05, 4.69) is 0 Å². The second-order valence-corrected chi connectivity index (χ2v) is 20.8. The van der Waals surface area contributed by atoms with Crippen molar-refractivity contribution in [3.05, 3.63) is 179 Å². The van der Waals surface area contributed by atoms with Crippen LogP contribution in [0.2, 0.25) is 0 Å². The van der Waals surface area contributed by atoms with E-state index in [1.165, 1.54) is 36.4 Å². The molecule has 0 aliphatic carbocycles. The van der Waals surface area contributed by atoms with Crippen molar-refractivity contribution < 1.29 is 99.8 Å². The van der Waals surface area contributed by atoms with Crippen molar-refractivity contribution in [1.29, 1.82) is 0 Å². The van der Waals surface area contributed by atoms with E-state index < -0.39 is 140 Å². The lowest BCUT2D eigenvalue weighted by Gasteiger charge is -2.47. The maximum atomic E-state index is 14.4. The summed E-state index contributed by atoms with van der Waals surface area (Å²) in [5.74, 6) is -5.54. The van der Waals surface area contributed by atoms with Gasteiger partial charge < -0.3 is 75.8 Å². The number of benzene rings is 5. The van der Waals surface area contributed by atoms with Crippen molar-refractivity contribution >= 4 is 30.0 Å². The molecule has 0 aromatic heterocycles. The first-order chi connectivity index (χ1) is 39.1. The summed E-state index contributed by atoms with van der Waals surface area (Å²) in [7, 11) is 0. The molecule has 21 heteroatoms. The number of carbonyl (C=O) groups excluding carboxylic acids is 5. The molecule has 0 spiro atoms. The number of hydrogen-bond acceptors (Lipinski definition) is 21. The molecule has 0 radical (unpaired) electrons. The van der Waals surface area contributed by atoms with E-state index in [0.717, 1.165) is 5.56 Å². The molecule has 6 aliphatic rings. The van der Waals surface area contributed by atoms with Crippen molar-refractivity contribution in [3.63, 3.8) is 0 Å². The van der Waals surface area contributed by atoms with Crippen molar-refractivity contribution in [2.45, 2.75) is 138 Å². The van der Waals surface area contributed by atoms with Gasteiger partial charge in [0, 0.05) is 0 Å². The van der Waals surface area contributed by atoms with Crippen LogP contribution in [0, 0.1) is 0 Å². The van der Waals surface area contributed by atoms with Gasteiger partial charge in [-0.15, -0.1) is 0 Å². The van der Waals surface area contributed by atoms with Gasteiger partial charge in [-0.1, -0.05) is 103 Å². The Hall–Kier alpha value is -7.15. The minimum absolute atomic E-state index is 0.0742. The topological polar surface area (TPSA) is 233 Å². The first-order valence-corrected chi connectivity index (χ1v) is 26.6. The average Bonchev–Trinajstić information content (AvgIpc) is 4.02. The largest absolute Gasteiger partial charge is 0.509 e. The first-order valence-electron chi connectivity index (χ1n) is 26.6. The molecule has 11 rings (SSSR count). The summed E-state index contributed by atoms with van der Waals surface area (Å²) in [4.78, 5) is 70.2. The molecule has 5 aromatic rings. The highest BCUT2D eigenvalue weighted by molar-refractivity contribution is 5.91. The number of hydrogen-bond donors (Lipinski definition) is 0. The van der Waals surface area contributed by atoms with Gasteiger partial charge in [0.1, 0.15) is 49.3 Å². The van der Waals surface area contributed by atoms with Crippen LogP contribution in [0.3, 0.4) is 0 Å². The molecule has 6 saturated heterocycles. The van der Waals surface area contributed by atoms with Crippen LogP contribution in [0.1, 0.15) is 74.7 Å². The summed E-state index contributed by atoms with van der Waals surface area (Å²) in [5, 5.41) is 0. The molecular weight excluding hydrogens is 1060 g/mol. The van der Waals surface area contributed by atoms with Crippen LogP contribution in [-0.2, 0) is 82.4 Å². The number of esters is 4. The zero-order valence-electron chi connectivity index (χ0n) is 44.5. The quantitative estimate of drug-likeness (QED) is 0.0642. The van der Waals surface area contributed by atoms with Gasteiger partial charge in [0.05, 0.1) is 42.1 Å². The Kier molecular flexibility index (Phi) is 16.6. The van der Waals surface area contributed by atoms with Crippen LogP contribution < -0.4 is 0 Å². The van der Waals surface area contributed by atoms with Gasteiger partial charge >= 0.3 is 30.0 Å². The van der Waals surface area contributed by atoms with Gasteiger partial charge in [0.2, 0.25) is 0 Å². The molecule has 426 valence electrons. The summed E-state index contributed by atoms with van der Waals surface area (Å²) < 4.78 is 101. The van der Waals surface area contributed by atoms with Crippen molar-refractivity contribution in [2.75, 3.05) is 19.8 Å². The Bertz CT molecular complexity index is 2970. The summed E-state index contributed by atoms with van der Waals surface area (Å²) in [6.45, 7) is 6.09. The fourth-order valence-electron chi connectivity index (χ4n) is 10.5. The van der Waals surface area contributed by atoms with Crippen molar-refractivity contribution in [1.82, 2.24) is 0 Å². The van der Waals surface area contributed by atoms with E-state index in [-0.39, 0.29) is 42.1 Å². The minimum Gasteiger partial charge on any atom is -0.459 e. The van der Waals surface area contributed by atoms with Crippen LogP contribution in [-0.4, -0.2) is 154 Å². The second kappa shape index (κ2) is 24.1. The predicted molar refractivity (Wildman–Crippen MR) is 276 cm³/mol. The van der Waals surface area contributed by atoms with Gasteiger partial charge in [-0.05, 0) is 81.8 Å². The van der Waals surface area contributed by atoms with Gasteiger partial charge in [-0.2, -0.15) is 0 Å². The highest BCUT2D eigenvalue weighted by Gasteiger charge is 2.63. The van der Waals surface area contributed by atoms with E-state index in [1.807, 2.05) is 30.3 Å². The zero-order chi connectivity index (χ0) is 56.3. The standard InChI is InChI=1S/C60H60O21/c1-59(2)78-44-41(71-57-50(47(44)79-59)80-60(3,4)81-57)33-68-55-48-46(76-58(65)77-48)43(39(69-55)31-66-30-34-20-10-5-11-21-34)75-56-49(74-54(64)38-28-18-9-19-29-38)45(73-53(63)37-26-16-8-17-27-37)42(72-52(62)36-24-14-7-15-25-36)40(70-56)32-67-51(61)35-22-12-6-13-23-35/h5-29,39-50,55-57H,30-33H2,1-4H3. The molecule has 6 aliphatic heterocycles. The summed E-state index contributed by atoms with van der Waals surface area (Å²) >= 11 is 0. The molecule has 21 nitrogen and oxygen atoms in total. The maximum Gasteiger partial charge on any atom is 0.509 e. The van der Waals surface area contributed by atoms with E-state index in [9.17, 15) is 24.0 Å². The molecule has 0 N–H and O–H groups in total. The lowest BCUT2D eigenvalue weighted by Crippen LogP contribution is -2.66. The molecule has 6 heterocycles. The molecular formula is C60H60O21. The monoisotopic (exact) mass is 1120 g/mol. The summed E-state index contributed by atoms with van der Waals surface area (Å²) in [6, 6.07) is 41.2. The van der Waals surface area contributed by atoms with Crippen LogP contribution >= 0.6 is 0 Å². The van der Waals surface area contributed by atoms with Gasteiger partial charge in [-0.25, -0.2) is 24.0 Å². The minimum atomic E-state index is -1.85. The Morgan fingerprint density at radius 3 is 1.49 bits per heavy atom. The Morgan fingerprint density at radius 1 is 0.432 bits per heavy atom. The third-order valence-electron chi connectivity index (χ3n) is 14.2. The van der Waals surface area contributed by atoms with Gasteiger partial charge in [-0.3, -0.25) is 0 Å². The maximum absolute atomic E-state index is 14.4. The van der Waals surface area contributed by atoms with Crippen LogP contribution in [0.15, 0.2) is 152 Å². The third-order valence-corrected chi connectivity index (χ3v) is 14.2. The van der Waals surface area contributed by atoms with Crippen molar-refractivity contribution in [3.8, 4) is 0 Å². The van der Waals surface area contributed by atoms with Gasteiger partial charge in [0.25, 0.3) is 0 Å². The van der Waals surface area contributed by atoms with Crippen LogP contribution in [0.25, 0.3) is 0 Å². The Morgan fingerprint density at radius 2 is 0.901 bits per heavy atom. The third kappa shape index (κ3) is 12.8. The molecule has 6 fully saturated rings. The van der Waals surface area contributed by atoms with Crippen LogP contribution in [0.4, 0.5) is 4.79 Å². The number of carbonyl (C=O) groups is 5. The molecule has 0 bridgehead atoms. The lowest BCUT2D eigenvalue weighted by molar-refractivity contribution is -0.351. The molecule has 5 aromatic carbocycles. The highest BCUT2D eigenvalue weighted by Crippen LogP contribution is 2.45. The number of ether oxygens (including phenoxy) is 16. The second-order valence-electron chi connectivity index (χ2n) is 20.8. The number of fused-ring (bicyclic) bond motifs is 4. The lowest BCUT2D eigenvalue weighted by atomic mass is 9.96. The highest BCUT2D eigenvalue weighted by atomic mass is 16.9. The summed E-state index contributed by atoms with van der Waals surface area (Å²) in [6.07, 6.45) is -20.1. The van der Waals surface area contributed by atoms with E-state index in [1.54, 1.807) is 113 Å². The van der Waals surface area contributed by atoms with E-state index in [0.29, 0.717) is 0 Å². The first kappa shape index (κ1) is 55.7. The molecule has 0 saturated carbocycles. The molecule has 15 atom stereocenters.